The Labute approximate surface area is 130 Å². The quantitative estimate of drug-likeness (QED) is 0.875. The molecule has 22 heavy (non-hydrogen) atoms. The van der Waals surface area contributed by atoms with E-state index >= 15 is 0 Å². The zero-order valence-electron chi connectivity index (χ0n) is 13.0. The highest BCUT2D eigenvalue weighted by atomic mass is 16.5. The number of aryl methyl sites for hydroxylation is 2. The van der Waals surface area contributed by atoms with Crippen LogP contribution in [-0.2, 0) is 4.74 Å². The van der Waals surface area contributed by atoms with Gasteiger partial charge in [-0.3, -0.25) is 4.79 Å². The number of amides is 1. The Balaban J connectivity index is 2.35. The Kier molecular flexibility index (Phi) is 4.94. The monoisotopic (exact) mass is 297 g/mol. The molecule has 1 amide bonds. The second-order valence-corrected chi connectivity index (χ2v) is 5.02. The molecule has 4 nitrogen and oxygen atoms in total. The minimum atomic E-state index is -0.436. The lowest BCUT2D eigenvalue weighted by atomic mass is 10.0. The number of benzene rings is 2. The van der Waals surface area contributed by atoms with Crippen LogP contribution in [0.15, 0.2) is 42.5 Å². The maximum absolute atomic E-state index is 12.3. The van der Waals surface area contributed by atoms with Crippen molar-refractivity contribution in [3.05, 3.63) is 64.7 Å². The van der Waals surface area contributed by atoms with E-state index < -0.39 is 5.97 Å². The van der Waals surface area contributed by atoms with Crippen molar-refractivity contribution in [2.75, 3.05) is 11.9 Å². The number of anilines is 1. The molecule has 0 saturated carbocycles. The topological polar surface area (TPSA) is 55.4 Å². The fourth-order valence-electron chi connectivity index (χ4n) is 2.08. The molecule has 2 aromatic carbocycles. The van der Waals surface area contributed by atoms with Crippen molar-refractivity contribution in [2.24, 2.45) is 0 Å². The lowest BCUT2D eigenvalue weighted by molar-refractivity contribution is 0.0527. The van der Waals surface area contributed by atoms with Gasteiger partial charge in [0.1, 0.15) is 0 Å². The number of ether oxygens (including phenoxy) is 1. The van der Waals surface area contributed by atoms with Crippen LogP contribution in [0.25, 0.3) is 0 Å². The summed E-state index contributed by atoms with van der Waals surface area (Å²) in [6.07, 6.45) is 0. The summed E-state index contributed by atoms with van der Waals surface area (Å²) >= 11 is 0. The van der Waals surface area contributed by atoms with E-state index in [0.717, 1.165) is 11.1 Å². The van der Waals surface area contributed by atoms with Gasteiger partial charge in [-0.2, -0.15) is 0 Å². The number of carbonyl (C=O) groups is 2. The highest BCUT2D eigenvalue weighted by molar-refractivity contribution is 6.08. The lowest BCUT2D eigenvalue weighted by Crippen LogP contribution is -2.16. The molecule has 0 radical (unpaired) electrons. The fourth-order valence-corrected chi connectivity index (χ4v) is 2.08. The number of rotatable bonds is 4. The number of carbonyl (C=O) groups excluding carboxylic acids is 2. The van der Waals surface area contributed by atoms with Gasteiger partial charge in [-0.1, -0.05) is 18.2 Å². The largest absolute Gasteiger partial charge is 0.462 e. The van der Waals surface area contributed by atoms with Gasteiger partial charge in [-0.25, -0.2) is 4.79 Å². The zero-order chi connectivity index (χ0) is 16.1. The van der Waals surface area contributed by atoms with Crippen molar-refractivity contribution < 1.29 is 14.3 Å². The van der Waals surface area contributed by atoms with Crippen molar-refractivity contribution >= 4 is 17.6 Å². The van der Waals surface area contributed by atoms with Crippen LogP contribution in [0.4, 0.5) is 5.69 Å². The molecule has 1 N–H and O–H groups in total. The van der Waals surface area contributed by atoms with Crippen molar-refractivity contribution in [1.82, 2.24) is 0 Å². The van der Waals surface area contributed by atoms with Gasteiger partial charge in [-0.05, 0) is 56.2 Å². The third-order valence-electron chi connectivity index (χ3n) is 3.41. The molecule has 0 aliphatic carbocycles. The predicted molar refractivity (Wildman–Crippen MR) is 86.3 cm³/mol. The van der Waals surface area contributed by atoms with Gasteiger partial charge >= 0.3 is 5.97 Å². The first-order chi connectivity index (χ1) is 10.5. The second kappa shape index (κ2) is 6.89. The van der Waals surface area contributed by atoms with Gasteiger partial charge in [0.2, 0.25) is 0 Å². The minimum absolute atomic E-state index is 0.255. The molecule has 0 aromatic heterocycles. The first-order valence-electron chi connectivity index (χ1n) is 7.17. The summed E-state index contributed by atoms with van der Waals surface area (Å²) in [6.45, 7) is 5.89. The Bertz CT molecular complexity index is 693. The molecular formula is C18H19NO3. The first-order valence-corrected chi connectivity index (χ1v) is 7.17. The van der Waals surface area contributed by atoms with Crippen molar-refractivity contribution in [1.29, 1.82) is 0 Å². The standard InChI is InChI=1S/C18H19NO3/c1-4-22-18(21)15-10-12(2)13(3)11-16(15)19-17(20)14-8-6-5-7-9-14/h5-11H,4H2,1-3H3,(H,19,20). The van der Waals surface area contributed by atoms with E-state index in [0.29, 0.717) is 16.8 Å². The van der Waals surface area contributed by atoms with Gasteiger partial charge in [0, 0.05) is 5.56 Å². The van der Waals surface area contributed by atoms with E-state index in [-0.39, 0.29) is 12.5 Å². The van der Waals surface area contributed by atoms with E-state index in [9.17, 15) is 9.59 Å². The molecule has 0 bridgehead atoms. The molecule has 0 heterocycles. The van der Waals surface area contributed by atoms with Crippen LogP contribution in [0.5, 0.6) is 0 Å². The zero-order valence-corrected chi connectivity index (χ0v) is 13.0. The van der Waals surface area contributed by atoms with Gasteiger partial charge in [0.05, 0.1) is 17.9 Å². The summed E-state index contributed by atoms with van der Waals surface area (Å²) in [4.78, 5) is 24.4. The molecule has 0 fully saturated rings. The molecule has 0 aliphatic rings. The molecule has 0 saturated heterocycles. The van der Waals surface area contributed by atoms with Crippen LogP contribution in [0.2, 0.25) is 0 Å². The molecule has 2 rings (SSSR count). The molecule has 0 aliphatic heterocycles. The van der Waals surface area contributed by atoms with E-state index in [4.69, 9.17) is 4.74 Å². The third kappa shape index (κ3) is 3.52. The van der Waals surface area contributed by atoms with E-state index in [1.807, 2.05) is 19.9 Å². The number of hydrogen-bond donors (Lipinski definition) is 1. The average Bonchev–Trinajstić information content (AvgIpc) is 2.51. The van der Waals surface area contributed by atoms with Gasteiger partial charge in [0.25, 0.3) is 5.91 Å². The molecular weight excluding hydrogens is 278 g/mol. The second-order valence-electron chi connectivity index (χ2n) is 5.02. The van der Waals surface area contributed by atoms with Crippen molar-refractivity contribution in [3.8, 4) is 0 Å². The first kappa shape index (κ1) is 15.8. The Hall–Kier alpha value is -2.62. The molecule has 0 unspecified atom stereocenters. The molecule has 0 atom stereocenters. The number of esters is 1. The van der Waals surface area contributed by atoms with Crippen LogP contribution >= 0.6 is 0 Å². The van der Waals surface area contributed by atoms with Gasteiger partial charge in [0.15, 0.2) is 0 Å². The summed E-state index contributed by atoms with van der Waals surface area (Å²) in [6, 6.07) is 12.4. The van der Waals surface area contributed by atoms with E-state index in [1.54, 1.807) is 43.3 Å². The van der Waals surface area contributed by atoms with Gasteiger partial charge in [-0.15, -0.1) is 0 Å². The fraction of sp³-hybridized carbons (Fsp3) is 0.222. The SMILES string of the molecule is CCOC(=O)c1cc(C)c(C)cc1NC(=O)c1ccccc1. The maximum Gasteiger partial charge on any atom is 0.340 e. The highest BCUT2D eigenvalue weighted by Gasteiger charge is 2.16. The van der Waals surface area contributed by atoms with Crippen LogP contribution < -0.4 is 5.32 Å². The summed E-state index contributed by atoms with van der Waals surface area (Å²) in [5, 5.41) is 2.79. The van der Waals surface area contributed by atoms with Gasteiger partial charge < -0.3 is 10.1 Å². The third-order valence-corrected chi connectivity index (χ3v) is 3.41. The van der Waals surface area contributed by atoms with E-state index in [2.05, 4.69) is 5.32 Å². The minimum Gasteiger partial charge on any atom is -0.462 e. The van der Waals surface area contributed by atoms with Crippen LogP contribution in [0, 0.1) is 13.8 Å². The van der Waals surface area contributed by atoms with Crippen molar-refractivity contribution in [2.45, 2.75) is 20.8 Å². The predicted octanol–water partition coefficient (Wildman–Crippen LogP) is 3.73. The van der Waals surface area contributed by atoms with Crippen molar-refractivity contribution in [3.63, 3.8) is 0 Å². The lowest BCUT2D eigenvalue weighted by Gasteiger charge is -2.13. The number of nitrogens with one attached hydrogen (secondary N) is 1. The highest BCUT2D eigenvalue weighted by Crippen LogP contribution is 2.22. The van der Waals surface area contributed by atoms with E-state index in [1.165, 1.54) is 0 Å². The normalized spacial score (nSPS) is 10.1. The van der Waals surface area contributed by atoms with Crippen LogP contribution in [0.3, 0.4) is 0 Å². The van der Waals surface area contributed by atoms with Crippen LogP contribution in [0.1, 0.15) is 38.8 Å². The molecule has 4 heteroatoms. The smallest absolute Gasteiger partial charge is 0.340 e. The molecule has 2 aromatic rings. The number of hydrogen-bond acceptors (Lipinski definition) is 3. The Morgan fingerprint density at radius 2 is 1.68 bits per heavy atom. The Morgan fingerprint density at radius 3 is 2.32 bits per heavy atom. The summed E-state index contributed by atoms with van der Waals surface area (Å²) in [5.74, 6) is -0.691. The Morgan fingerprint density at radius 1 is 1.05 bits per heavy atom. The molecule has 114 valence electrons. The van der Waals surface area contributed by atoms with Crippen LogP contribution in [-0.4, -0.2) is 18.5 Å². The average molecular weight is 297 g/mol. The summed E-state index contributed by atoms with van der Waals surface area (Å²) in [7, 11) is 0. The summed E-state index contributed by atoms with van der Waals surface area (Å²) in [5.41, 5.74) is 3.34. The summed E-state index contributed by atoms with van der Waals surface area (Å²) < 4.78 is 5.06. The molecule has 0 spiro atoms. The maximum atomic E-state index is 12.3.